The second-order valence-corrected chi connectivity index (χ2v) is 4.39. The smallest absolute Gasteiger partial charge is 0.341 e. The summed E-state index contributed by atoms with van der Waals surface area (Å²) in [7, 11) is 2.88. The van der Waals surface area contributed by atoms with Crippen LogP contribution in [0.2, 0.25) is 0 Å². The van der Waals surface area contributed by atoms with Crippen molar-refractivity contribution in [3.63, 3.8) is 0 Å². The number of nitrogens with one attached hydrogen (secondary N) is 2. The Balaban J connectivity index is 2.08. The molecule has 0 amide bonds. The first-order valence-corrected chi connectivity index (χ1v) is 6.52. The lowest BCUT2D eigenvalue weighted by atomic mass is 10.1. The number of esters is 1. The molecule has 20 heavy (non-hydrogen) atoms. The molecule has 0 saturated carbocycles. The Morgan fingerprint density at radius 3 is 2.95 bits per heavy atom. The molecule has 0 aliphatic carbocycles. The molecule has 1 heterocycles. The van der Waals surface area contributed by atoms with Gasteiger partial charge in [-0.25, -0.2) is 4.79 Å². The molecule has 2 rings (SSSR count). The molecule has 1 aliphatic heterocycles. The van der Waals surface area contributed by atoms with E-state index in [0.717, 1.165) is 31.0 Å². The molecule has 108 valence electrons. The normalized spacial score (nSPS) is 14.0. The molecule has 1 aromatic carbocycles. The van der Waals surface area contributed by atoms with Crippen LogP contribution < -0.4 is 15.4 Å². The molecular formula is C14H19N3O3. The number of ether oxygens (including phenoxy) is 2. The van der Waals surface area contributed by atoms with Gasteiger partial charge in [-0.3, -0.25) is 4.99 Å². The third kappa shape index (κ3) is 3.40. The van der Waals surface area contributed by atoms with Gasteiger partial charge in [-0.05, 0) is 24.1 Å². The summed E-state index contributed by atoms with van der Waals surface area (Å²) in [5.74, 6) is 0.900. The van der Waals surface area contributed by atoms with Crippen LogP contribution in [0.1, 0.15) is 22.3 Å². The average molecular weight is 277 g/mol. The number of hydrogen-bond donors (Lipinski definition) is 2. The summed E-state index contributed by atoms with van der Waals surface area (Å²) < 4.78 is 9.91. The molecule has 2 N–H and O–H groups in total. The van der Waals surface area contributed by atoms with Crippen LogP contribution in [0.5, 0.6) is 5.75 Å². The first-order chi connectivity index (χ1) is 9.74. The van der Waals surface area contributed by atoms with Gasteiger partial charge in [-0.1, -0.05) is 6.07 Å². The van der Waals surface area contributed by atoms with Crippen LogP contribution in [0.25, 0.3) is 0 Å². The van der Waals surface area contributed by atoms with Gasteiger partial charge in [0.15, 0.2) is 5.96 Å². The molecule has 0 atom stereocenters. The molecular weight excluding hydrogens is 258 g/mol. The van der Waals surface area contributed by atoms with Crippen LogP contribution in [0.15, 0.2) is 23.2 Å². The second-order valence-electron chi connectivity index (χ2n) is 4.39. The van der Waals surface area contributed by atoms with Crippen molar-refractivity contribution in [2.75, 3.05) is 27.3 Å². The maximum absolute atomic E-state index is 11.7. The van der Waals surface area contributed by atoms with E-state index in [4.69, 9.17) is 9.47 Å². The first-order valence-electron chi connectivity index (χ1n) is 6.52. The molecule has 0 bridgehead atoms. The predicted molar refractivity (Wildman–Crippen MR) is 76.1 cm³/mol. The molecule has 0 spiro atoms. The Morgan fingerprint density at radius 1 is 1.45 bits per heavy atom. The summed E-state index contributed by atoms with van der Waals surface area (Å²) in [6.07, 6.45) is 1.06. The lowest BCUT2D eigenvalue weighted by molar-refractivity contribution is 0.0597. The lowest BCUT2D eigenvalue weighted by Gasteiger charge is -2.16. The van der Waals surface area contributed by atoms with Gasteiger partial charge in [-0.2, -0.15) is 0 Å². The fourth-order valence-corrected chi connectivity index (χ4v) is 1.97. The lowest BCUT2D eigenvalue weighted by Crippen LogP contribution is -2.40. The van der Waals surface area contributed by atoms with E-state index in [1.807, 2.05) is 6.07 Å². The minimum atomic E-state index is -0.406. The third-order valence-electron chi connectivity index (χ3n) is 3.03. The van der Waals surface area contributed by atoms with Gasteiger partial charge in [0.2, 0.25) is 0 Å². The SMILES string of the molecule is COC(=O)c1cc(CNC2=NCCCN2)ccc1OC. The summed E-state index contributed by atoms with van der Waals surface area (Å²) in [6.45, 7) is 2.35. The fourth-order valence-electron chi connectivity index (χ4n) is 1.97. The molecule has 6 nitrogen and oxygen atoms in total. The highest BCUT2D eigenvalue weighted by molar-refractivity contribution is 5.92. The Hall–Kier alpha value is -2.24. The summed E-state index contributed by atoms with van der Waals surface area (Å²) in [6, 6.07) is 5.43. The zero-order valence-electron chi connectivity index (χ0n) is 11.7. The number of benzene rings is 1. The highest BCUT2D eigenvalue weighted by Gasteiger charge is 2.13. The van der Waals surface area contributed by atoms with Gasteiger partial charge < -0.3 is 20.1 Å². The maximum atomic E-state index is 11.7. The number of carbonyl (C=O) groups is 1. The Bertz CT molecular complexity index is 514. The number of hydrogen-bond acceptors (Lipinski definition) is 6. The Kier molecular flexibility index (Phi) is 4.81. The van der Waals surface area contributed by atoms with E-state index in [-0.39, 0.29) is 0 Å². The van der Waals surface area contributed by atoms with Gasteiger partial charge >= 0.3 is 5.97 Å². The topological polar surface area (TPSA) is 72.0 Å². The van der Waals surface area contributed by atoms with Gasteiger partial charge in [0.05, 0.1) is 14.2 Å². The van der Waals surface area contributed by atoms with Crippen molar-refractivity contribution in [1.82, 2.24) is 10.6 Å². The number of guanidine groups is 1. The molecule has 0 radical (unpaired) electrons. The van der Waals surface area contributed by atoms with Crippen molar-refractivity contribution in [2.45, 2.75) is 13.0 Å². The number of aliphatic imine (C=N–C) groups is 1. The molecule has 6 heteroatoms. The number of methoxy groups -OCH3 is 2. The summed E-state index contributed by atoms with van der Waals surface area (Å²) in [4.78, 5) is 16.0. The van der Waals surface area contributed by atoms with Crippen molar-refractivity contribution < 1.29 is 14.3 Å². The van der Waals surface area contributed by atoms with Crippen LogP contribution in [0, 0.1) is 0 Å². The average Bonchev–Trinajstić information content (AvgIpc) is 2.52. The Labute approximate surface area is 118 Å². The van der Waals surface area contributed by atoms with Crippen LogP contribution in [-0.4, -0.2) is 39.2 Å². The van der Waals surface area contributed by atoms with Crippen LogP contribution in [-0.2, 0) is 11.3 Å². The molecule has 0 aromatic heterocycles. The van der Waals surface area contributed by atoms with Crippen molar-refractivity contribution in [3.8, 4) is 5.75 Å². The monoisotopic (exact) mass is 277 g/mol. The predicted octanol–water partition coefficient (Wildman–Crippen LogP) is 0.921. The van der Waals surface area contributed by atoms with Gasteiger partial charge in [0, 0.05) is 19.6 Å². The minimum Gasteiger partial charge on any atom is -0.496 e. The molecule has 0 unspecified atom stereocenters. The van der Waals surface area contributed by atoms with E-state index >= 15 is 0 Å². The van der Waals surface area contributed by atoms with E-state index in [1.165, 1.54) is 14.2 Å². The van der Waals surface area contributed by atoms with Crippen molar-refractivity contribution in [3.05, 3.63) is 29.3 Å². The van der Waals surface area contributed by atoms with Crippen LogP contribution in [0.4, 0.5) is 0 Å². The van der Waals surface area contributed by atoms with E-state index in [2.05, 4.69) is 15.6 Å². The van der Waals surface area contributed by atoms with Crippen molar-refractivity contribution >= 4 is 11.9 Å². The number of nitrogens with zero attached hydrogens (tertiary/aromatic N) is 1. The second kappa shape index (κ2) is 6.79. The zero-order chi connectivity index (χ0) is 14.4. The largest absolute Gasteiger partial charge is 0.496 e. The summed E-state index contributed by atoms with van der Waals surface area (Å²) in [5.41, 5.74) is 1.38. The van der Waals surface area contributed by atoms with Gasteiger partial charge in [0.1, 0.15) is 11.3 Å². The van der Waals surface area contributed by atoms with Gasteiger partial charge in [0.25, 0.3) is 0 Å². The summed E-state index contributed by atoms with van der Waals surface area (Å²) >= 11 is 0. The number of carbonyl (C=O) groups excluding carboxylic acids is 1. The maximum Gasteiger partial charge on any atom is 0.341 e. The first kappa shape index (κ1) is 14.2. The third-order valence-corrected chi connectivity index (χ3v) is 3.03. The highest BCUT2D eigenvalue weighted by atomic mass is 16.5. The highest BCUT2D eigenvalue weighted by Crippen LogP contribution is 2.20. The molecule has 0 saturated heterocycles. The fraction of sp³-hybridized carbons (Fsp3) is 0.429. The van der Waals surface area contributed by atoms with Crippen molar-refractivity contribution in [2.24, 2.45) is 4.99 Å². The molecule has 0 fully saturated rings. The Morgan fingerprint density at radius 2 is 2.30 bits per heavy atom. The van der Waals surface area contributed by atoms with Crippen molar-refractivity contribution in [1.29, 1.82) is 0 Å². The molecule has 1 aliphatic rings. The minimum absolute atomic E-state index is 0.406. The van der Waals surface area contributed by atoms with E-state index in [1.54, 1.807) is 12.1 Å². The summed E-state index contributed by atoms with van der Waals surface area (Å²) in [5, 5.41) is 6.39. The van der Waals surface area contributed by atoms with Gasteiger partial charge in [-0.15, -0.1) is 0 Å². The van der Waals surface area contributed by atoms with E-state index < -0.39 is 5.97 Å². The van der Waals surface area contributed by atoms with Crippen LogP contribution in [0.3, 0.4) is 0 Å². The number of rotatable bonds is 4. The standard InChI is InChI=1S/C14H19N3O3/c1-19-12-5-4-10(8-11(12)13(18)20-2)9-17-14-15-6-3-7-16-14/h4-5,8H,3,6-7,9H2,1-2H3,(H2,15,16,17). The quantitative estimate of drug-likeness (QED) is 0.801. The van der Waals surface area contributed by atoms with E-state index in [0.29, 0.717) is 17.9 Å². The molecule has 1 aromatic rings. The van der Waals surface area contributed by atoms with Crippen LogP contribution >= 0.6 is 0 Å². The zero-order valence-corrected chi connectivity index (χ0v) is 11.7. The van der Waals surface area contributed by atoms with E-state index in [9.17, 15) is 4.79 Å².